The van der Waals surface area contributed by atoms with Crippen molar-refractivity contribution in [3.63, 3.8) is 0 Å². The van der Waals surface area contributed by atoms with E-state index >= 15 is 0 Å². The largest absolute Gasteiger partial charge is 0.463 e. The summed E-state index contributed by atoms with van der Waals surface area (Å²) < 4.78 is 4.70. The molecular formula is C27H37N5O5. The number of benzene rings is 2. The number of esters is 1. The smallest absolute Gasteiger partial charge is 0.330 e. The Bertz CT molecular complexity index is 1040. The minimum absolute atomic E-state index is 0.142. The van der Waals surface area contributed by atoms with Gasteiger partial charge in [-0.1, -0.05) is 24.3 Å². The van der Waals surface area contributed by atoms with E-state index in [-0.39, 0.29) is 19.2 Å². The Morgan fingerprint density at radius 3 is 2.19 bits per heavy atom. The van der Waals surface area contributed by atoms with Crippen molar-refractivity contribution >= 4 is 29.3 Å². The molecule has 0 saturated heterocycles. The molecule has 200 valence electrons. The number of rotatable bonds is 13. The van der Waals surface area contributed by atoms with Crippen molar-refractivity contribution in [2.45, 2.75) is 26.4 Å². The lowest BCUT2D eigenvalue weighted by molar-refractivity contribution is -0.159. The van der Waals surface area contributed by atoms with Crippen LogP contribution in [0.1, 0.15) is 24.5 Å². The fourth-order valence-electron chi connectivity index (χ4n) is 3.37. The molecule has 2 rings (SSSR count). The summed E-state index contributed by atoms with van der Waals surface area (Å²) in [7, 11) is 5.88. The third kappa shape index (κ3) is 11.1. The summed E-state index contributed by atoms with van der Waals surface area (Å²) in [4.78, 5) is 39.3. The van der Waals surface area contributed by atoms with Crippen molar-refractivity contribution in [2.75, 3.05) is 51.1 Å². The zero-order valence-electron chi connectivity index (χ0n) is 21.9. The summed E-state index contributed by atoms with van der Waals surface area (Å²) >= 11 is 0. The van der Waals surface area contributed by atoms with E-state index in [4.69, 9.17) is 4.74 Å². The fourth-order valence-corrected chi connectivity index (χ4v) is 3.37. The normalized spacial score (nSPS) is 10.9. The number of amides is 3. The third-order valence-electron chi connectivity index (χ3n) is 5.38. The molecule has 0 saturated carbocycles. The van der Waals surface area contributed by atoms with Crippen LogP contribution in [0, 0.1) is 0 Å². The summed E-state index contributed by atoms with van der Waals surface area (Å²) in [6.07, 6.45) is 2.54. The Kier molecular flexibility index (Phi) is 12.1. The molecule has 0 bridgehead atoms. The van der Waals surface area contributed by atoms with Crippen LogP contribution in [0.25, 0.3) is 0 Å². The number of ether oxygens (including phenoxy) is 1. The summed E-state index contributed by atoms with van der Waals surface area (Å²) in [6, 6.07) is 15.3. The first-order valence-corrected chi connectivity index (χ1v) is 12.1. The second kappa shape index (κ2) is 15.3. The number of urea groups is 1. The van der Waals surface area contributed by atoms with E-state index in [9.17, 15) is 19.6 Å². The number of hydrogen-bond donors (Lipinski definition) is 3. The van der Waals surface area contributed by atoms with Crippen LogP contribution >= 0.6 is 0 Å². The molecule has 0 aliphatic carbocycles. The second-order valence-electron chi connectivity index (χ2n) is 8.70. The second-order valence-corrected chi connectivity index (χ2v) is 8.70. The average molecular weight is 512 g/mol. The molecule has 0 radical (unpaired) electrons. The fraction of sp³-hybridized carbons (Fsp3) is 0.370. The van der Waals surface area contributed by atoms with E-state index < -0.39 is 11.9 Å². The summed E-state index contributed by atoms with van der Waals surface area (Å²) in [5.41, 5.74) is 3.87. The number of nitrogens with zero attached hydrogens (tertiary/aromatic N) is 3. The van der Waals surface area contributed by atoms with Gasteiger partial charge in [-0.25, -0.2) is 14.7 Å². The topological polar surface area (TPSA) is 114 Å². The molecule has 0 unspecified atom stereocenters. The van der Waals surface area contributed by atoms with E-state index in [2.05, 4.69) is 15.5 Å². The molecule has 3 N–H and O–H groups in total. The minimum atomic E-state index is -0.671. The van der Waals surface area contributed by atoms with Gasteiger partial charge in [-0.2, -0.15) is 0 Å². The molecule has 0 aromatic heterocycles. The maximum atomic E-state index is 12.2. The van der Waals surface area contributed by atoms with Crippen LogP contribution in [-0.4, -0.2) is 73.9 Å². The molecule has 0 aliphatic rings. The molecule has 3 amide bonds. The number of anilines is 2. The van der Waals surface area contributed by atoms with Crippen LogP contribution in [0.2, 0.25) is 0 Å². The van der Waals surface area contributed by atoms with Gasteiger partial charge in [-0.15, -0.1) is 0 Å². The predicted octanol–water partition coefficient (Wildman–Crippen LogP) is 3.23. The highest BCUT2D eigenvalue weighted by molar-refractivity contribution is 5.94. The van der Waals surface area contributed by atoms with Gasteiger partial charge < -0.3 is 25.2 Å². The van der Waals surface area contributed by atoms with Crippen molar-refractivity contribution in [1.29, 1.82) is 0 Å². The molecular weight excluding hydrogens is 474 g/mol. The summed E-state index contributed by atoms with van der Waals surface area (Å²) in [6.45, 7) is 3.79. The first-order valence-electron chi connectivity index (χ1n) is 12.1. The van der Waals surface area contributed by atoms with Gasteiger partial charge in [0, 0.05) is 57.3 Å². The van der Waals surface area contributed by atoms with E-state index in [1.807, 2.05) is 74.6 Å². The Balaban J connectivity index is 1.69. The van der Waals surface area contributed by atoms with Crippen LogP contribution in [0.5, 0.6) is 0 Å². The highest BCUT2D eigenvalue weighted by atomic mass is 16.5. The quantitative estimate of drug-likeness (QED) is 0.164. The van der Waals surface area contributed by atoms with Gasteiger partial charge in [0.1, 0.15) is 0 Å². The maximum absolute atomic E-state index is 12.2. The van der Waals surface area contributed by atoms with Crippen molar-refractivity contribution < 1.29 is 24.3 Å². The van der Waals surface area contributed by atoms with Gasteiger partial charge in [0.15, 0.2) is 0 Å². The Labute approximate surface area is 218 Å². The molecule has 37 heavy (non-hydrogen) atoms. The minimum Gasteiger partial charge on any atom is -0.463 e. The number of hydroxylamine groups is 2. The lowest BCUT2D eigenvalue weighted by Gasteiger charge is -2.19. The van der Waals surface area contributed by atoms with E-state index in [0.717, 1.165) is 34.7 Å². The summed E-state index contributed by atoms with van der Waals surface area (Å²) in [5, 5.41) is 16.1. The molecule has 10 heteroatoms. The molecule has 0 atom stereocenters. The zero-order chi connectivity index (χ0) is 27.2. The highest BCUT2D eigenvalue weighted by Gasteiger charge is 2.09. The van der Waals surface area contributed by atoms with Crippen molar-refractivity contribution in [2.24, 2.45) is 0 Å². The van der Waals surface area contributed by atoms with Gasteiger partial charge in [-0.05, 0) is 62.3 Å². The Morgan fingerprint density at radius 1 is 0.919 bits per heavy atom. The lowest BCUT2D eigenvalue weighted by atomic mass is 10.1. The van der Waals surface area contributed by atoms with Gasteiger partial charge in [-0.3, -0.25) is 10.0 Å². The first kappa shape index (κ1) is 29.3. The molecule has 0 aliphatic heterocycles. The SMILES string of the molecule is CCOC(=O)/C=C/C(=O)N(O)CCCN(C)Cc1ccc(CNC(=O)Nc2ccc(N(C)C)cc2)cc1. The van der Waals surface area contributed by atoms with E-state index in [1.54, 1.807) is 6.92 Å². The molecule has 0 spiro atoms. The highest BCUT2D eigenvalue weighted by Crippen LogP contribution is 2.15. The first-order chi connectivity index (χ1) is 17.7. The van der Waals surface area contributed by atoms with Crippen LogP contribution < -0.4 is 15.5 Å². The lowest BCUT2D eigenvalue weighted by Crippen LogP contribution is -2.30. The molecule has 0 fully saturated rings. The monoisotopic (exact) mass is 511 g/mol. The van der Waals surface area contributed by atoms with E-state index in [0.29, 0.717) is 31.1 Å². The van der Waals surface area contributed by atoms with Gasteiger partial charge in [0.05, 0.1) is 6.61 Å². The Hall–Kier alpha value is -3.89. The van der Waals surface area contributed by atoms with Crippen molar-refractivity contribution in [3.8, 4) is 0 Å². The number of hydrogen-bond acceptors (Lipinski definition) is 7. The van der Waals surface area contributed by atoms with Gasteiger partial charge in [0.2, 0.25) is 0 Å². The van der Waals surface area contributed by atoms with Crippen LogP contribution in [0.4, 0.5) is 16.2 Å². The van der Waals surface area contributed by atoms with Gasteiger partial charge >= 0.3 is 12.0 Å². The zero-order valence-corrected chi connectivity index (χ0v) is 21.9. The van der Waals surface area contributed by atoms with Crippen molar-refractivity contribution in [3.05, 3.63) is 71.8 Å². The standard InChI is InChI=1S/C27H37N5O5/c1-5-37-26(34)16-15-25(33)32(36)18-6-17-31(4)20-22-9-7-21(8-10-22)19-28-27(35)29-23-11-13-24(14-12-23)30(2)3/h7-16,36H,5-6,17-20H2,1-4H3,(H2,28,29,35)/b16-15+. The number of nitrogens with one attached hydrogen (secondary N) is 2. The number of carbonyl (C=O) groups excluding carboxylic acids is 3. The number of carbonyl (C=O) groups is 3. The van der Waals surface area contributed by atoms with Crippen molar-refractivity contribution in [1.82, 2.24) is 15.3 Å². The van der Waals surface area contributed by atoms with Gasteiger partial charge in [0.25, 0.3) is 5.91 Å². The van der Waals surface area contributed by atoms with Crippen LogP contribution in [0.3, 0.4) is 0 Å². The molecule has 0 heterocycles. The predicted molar refractivity (Wildman–Crippen MR) is 143 cm³/mol. The third-order valence-corrected chi connectivity index (χ3v) is 5.38. The Morgan fingerprint density at radius 2 is 1.57 bits per heavy atom. The van der Waals surface area contributed by atoms with Crippen LogP contribution in [0.15, 0.2) is 60.7 Å². The maximum Gasteiger partial charge on any atom is 0.330 e. The van der Waals surface area contributed by atoms with Crippen LogP contribution in [-0.2, 0) is 27.4 Å². The molecule has 2 aromatic carbocycles. The molecule has 2 aromatic rings. The average Bonchev–Trinajstić information content (AvgIpc) is 2.87. The molecule has 10 nitrogen and oxygen atoms in total. The summed E-state index contributed by atoms with van der Waals surface area (Å²) in [5.74, 6) is -1.30. The van der Waals surface area contributed by atoms with E-state index in [1.165, 1.54) is 0 Å².